The molecular formula is C35H49F3N4O8. The first kappa shape index (κ1) is 43.7. The molecule has 278 valence electrons. The monoisotopic (exact) mass is 710 g/mol. The number of halogens is 3. The Bertz CT molecular complexity index is 1340. The van der Waals surface area contributed by atoms with E-state index in [-0.39, 0.29) is 24.8 Å². The van der Waals surface area contributed by atoms with Gasteiger partial charge in [0.1, 0.15) is 0 Å². The van der Waals surface area contributed by atoms with Crippen LogP contribution in [0.15, 0.2) is 47.7 Å². The number of aromatic nitrogens is 1. The number of hydrogen-bond donors (Lipinski definition) is 3. The van der Waals surface area contributed by atoms with E-state index in [0.717, 1.165) is 62.5 Å². The van der Waals surface area contributed by atoms with Crippen LogP contribution in [0.25, 0.3) is 0 Å². The topological polar surface area (TPSA) is 168 Å². The van der Waals surface area contributed by atoms with Gasteiger partial charge in [-0.1, -0.05) is 51.0 Å². The summed E-state index contributed by atoms with van der Waals surface area (Å²) in [4.78, 5) is 52.0. The van der Waals surface area contributed by atoms with Gasteiger partial charge < -0.3 is 29.9 Å². The first-order valence-corrected chi connectivity index (χ1v) is 16.6. The van der Waals surface area contributed by atoms with E-state index in [9.17, 15) is 32.7 Å². The number of carboxylic acids is 2. The summed E-state index contributed by atoms with van der Waals surface area (Å²) in [6, 6.07) is 9.23. The summed E-state index contributed by atoms with van der Waals surface area (Å²) in [5.74, 6) is -3.68. The number of carbonyl (C=O) groups is 3. The van der Waals surface area contributed by atoms with Crippen LogP contribution in [-0.4, -0.2) is 88.8 Å². The lowest BCUT2D eigenvalue weighted by molar-refractivity contribution is -0.192. The molecule has 50 heavy (non-hydrogen) atoms. The van der Waals surface area contributed by atoms with Gasteiger partial charge in [0.25, 0.3) is 0 Å². The van der Waals surface area contributed by atoms with E-state index in [4.69, 9.17) is 19.4 Å². The Morgan fingerprint density at radius 1 is 1.06 bits per heavy atom. The molecule has 12 nitrogen and oxygen atoms in total. The third-order valence-corrected chi connectivity index (χ3v) is 7.46. The zero-order valence-electron chi connectivity index (χ0n) is 28.9. The van der Waals surface area contributed by atoms with Gasteiger partial charge >= 0.3 is 24.1 Å². The SMILES string of the molecule is CCCCN=C=O.CCCCNC(=O)N(CCO[C@@H]1CCC[C@H](OCc2cccc(C)c2C(=O)O)C1)Cc1cccnc1.O=C(O)C(F)(F)F. The molecule has 1 saturated carbocycles. The third-order valence-electron chi connectivity index (χ3n) is 7.46. The molecule has 1 aliphatic carbocycles. The number of unbranched alkanes of at least 4 members (excludes halogenated alkanes) is 2. The lowest BCUT2D eigenvalue weighted by atomic mass is 9.94. The molecule has 0 aliphatic heterocycles. The second-order valence-corrected chi connectivity index (χ2v) is 11.5. The van der Waals surface area contributed by atoms with Crippen LogP contribution < -0.4 is 5.32 Å². The minimum Gasteiger partial charge on any atom is -0.478 e. The molecule has 3 rings (SSSR count). The highest BCUT2D eigenvalue weighted by Gasteiger charge is 2.38. The predicted octanol–water partition coefficient (Wildman–Crippen LogP) is 6.70. The Morgan fingerprint density at radius 2 is 1.74 bits per heavy atom. The second kappa shape index (κ2) is 24.7. The van der Waals surface area contributed by atoms with E-state index in [0.29, 0.717) is 43.9 Å². The summed E-state index contributed by atoms with van der Waals surface area (Å²) < 4.78 is 44.0. The standard InChI is InChI=1S/C28H39N3O5.C5H9NO.C2HF3O2/c1-3-4-14-30-28(34)31(19-22-9-7-13-29-18-22)15-16-35-24-11-6-12-25(17-24)36-20-23-10-5-8-21(2)26(23)27(32)33;1-2-3-4-6-5-7;3-2(4,5)1(6)7/h5,7-10,13,18,24-25H,3-4,6,11-12,14-17,19-20H2,1-2H3,(H,30,34)(H,32,33);2-4H2,1H3;(H,6,7)/t24-,25+;;/m1../s1. The molecule has 3 N–H and O–H groups in total. The fourth-order valence-electron chi connectivity index (χ4n) is 4.83. The average Bonchev–Trinajstić information content (AvgIpc) is 3.08. The summed E-state index contributed by atoms with van der Waals surface area (Å²) in [6.07, 6.45) is 7.68. The number of benzene rings is 1. The molecule has 1 heterocycles. The van der Waals surface area contributed by atoms with Gasteiger partial charge in [-0.2, -0.15) is 13.2 Å². The number of alkyl halides is 3. The van der Waals surface area contributed by atoms with Gasteiger partial charge in [-0.05, 0) is 68.2 Å². The molecule has 0 radical (unpaired) electrons. The zero-order valence-corrected chi connectivity index (χ0v) is 28.9. The first-order valence-electron chi connectivity index (χ1n) is 16.6. The maximum absolute atomic E-state index is 12.8. The van der Waals surface area contributed by atoms with Crippen molar-refractivity contribution in [2.45, 2.75) is 104 Å². The maximum atomic E-state index is 12.8. The molecule has 0 saturated heterocycles. The summed E-state index contributed by atoms with van der Waals surface area (Å²) in [5, 5.41) is 19.7. The fourth-order valence-corrected chi connectivity index (χ4v) is 4.83. The Hall–Kier alpha value is -4.33. The number of nitrogens with zero attached hydrogens (tertiary/aromatic N) is 3. The Kier molecular flexibility index (Phi) is 21.6. The van der Waals surface area contributed by atoms with Crippen molar-refractivity contribution in [2.75, 3.05) is 26.2 Å². The number of carbonyl (C=O) groups excluding carboxylic acids is 2. The Morgan fingerprint density at radius 3 is 2.32 bits per heavy atom. The van der Waals surface area contributed by atoms with Crippen molar-refractivity contribution in [1.82, 2.24) is 15.2 Å². The number of hydrogen-bond acceptors (Lipinski definition) is 8. The number of nitrogens with one attached hydrogen (secondary N) is 1. The largest absolute Gasteiger partial charge is 0.490 e. The number of pyridine rings is 1. The summed E-state index contributed by atoms with van der Waals surface area (Å²) in [5.41, 5.74) is 2.74. The predicted molar refractivity (Wildman–Crippen MR) is 179 cm³/mol. The van der Waals surface area contributed by atoms with Crippen molar-refractivity contribution in [3.8, 4) is 0 Å². The molecular weight excluding hydrogens is 661 g/mol. The Balaban J connectivity index is 0.000000748. The number of urea groups is 1. The Labute approximate surface area is 291 Å². The fraction of sp³-hybridized carbons (Fsp3) is 0.571. The highest BCUT2D eigenvalue weighted by molar-refractivity contribution is 5.91. The van der Waals surface area contributed by atoms with Crippen molar-refractivity contribution in [3.63, 3.8) is 0 Å². The first-order chi connectivity index (χ1) is 23.8. The van der Waals surface area contributed by atoms with Crippen LogP contribution in [-0.2, 0) is 32.2 Å². The second-order valence-electron chi connectivity index (χ2n) is 11.5. The number of aliphatic carboxylic acids is 1. The van der Waals surface area contributed by atoms with Gasteiger partial charge in [0.15, 0.2) is 0 Å². The van der Waals surface area contributed by atoms with Gasteiger partial charge in [0.2, 0.25) is 6.08 Å². The van der Waals surface area contributed by atoms with Crippen LogP contribution in [0.4, 0.5) is 18.0 Å². The number of aliphatic imine (C=N–C) groups is 1. The van der Waals surface area contributed by atoms with Crippen molar-refractivity contribution in [1.29, 1.82) is 0 Å². The number of rotatable bonds is 16. The molecule has 0 unspecified atom stereocenters. The normalized spacial score (nSPS) is 15.2. The maximum Gasteiger partial charge on any atom is 0.490 e. The lowest BCUT2D eigenvalue weighted by Gasteiger charge is -2.30. The van der Waals surface area contributed by atoms with Crippen molar-refractivity contribution >= 4 is 24.0 Å². The van der Waals surface area contributed by atoms with Crippen LogP contribution in [0.2, 0.25) is 0 Å². The number of ether oxygens (including phenoxy) is 2. The lowest BCUT2D eigenvalue weighted by Crippen LogP contribution is -2.42. The van der Waals surface area contributed by atoms with E-state index in [2.05, 4.69) is 29.1 Å². The number of aryl methyl sites for hydroxylation is 1. The van der Waals surface area contributed by atoms with Crippen molar-refractivity contribution in [3.05, 3.63) is 65.0 Å². The van der Waals surface area contributed by atoms with Gasteiger partial charge in [-0.3, -0.25) is 4.98 Å². The zero-order chi connectivity index (χ0) is 37.4. The van der Waals surface area contributed by atoms with Crippen LogP contribution in [0.3, 0.4) is 0 Å². The van der Waals surface area contributed by atoms with E-state index in [1.54, 1.807) is 30.3 Å². The molecule has 0 spiro atoms. The van der Waals surface area contributed by atoms with Gasteiger partial charge in [-0.15, -0.1) is 0 Å². The minimum absolute atomic E-state index is 0.0229. The summed E-state index contributed by atoms with van der Waals surface area (Å²) in [7, 11) is 0. The highest BCUT2D eigenvalue weighted by atomic mass is 19.4. The average molecular weight is 711 g/mol. The van der Waals surface area contributed by atoms with Crippen LogP contribution in [0.1, 0.15) is 92.3 Å². The van der Waals surface area contributed by atoms with E-state index in [1.165, 1.54) is 6.08 Å². The summed E-state index contributed by atoms with van der Waals surface area (Å²) >= 11 is 0. The number of isocyanates is 1. The molecule has 1 aromatic carbocycles. The quantitative estimate of drug-likeness (QED) is 0.0976. The van der Waals surface area contributed by atoms with E-state index < -0.39 is 18.1 Å². The van der Waals surface area contributed by atoms with Crippen LogP contribution >= 0.6 is 0 Å². The smallest absolute Gasteiger partial charge is 0.478 e. The van der Waals surface area contributed by atoms with E-state index >= 15 is 0 Å². The molecule has 2 atom stereocenters. The molecule has 0 bridgehead atoms. The number of aromatic carboxylic acids is 1. The van der Waals surface area contributed by atoms with E-state index in [1.807, 2.05) is 24.3 Å². The van der Waals surface area contributed by atoms with Gasteiger partial charge in [-0.25, -0.2) is 24.2 Å². The van der Waals surface area contributed by atoms with Crippen molar-refractivity contribution in [2.24, 2.45) is 4.99 Å². The third kappa shape index (κ3) is 18.4. The molecule has 1 fully saturated rings. The molecule has 2 amide bonds. The highest BCUT2D eigenvalue weighted by Crippen LogP contribution is 2.25. The number of carboxylic acid groups (broad SMARTS) is 2. The molecule has 1 aliphatic rings. The van der Waals surface area contributed by atoms with Gasteiger partial charge in [0, 0.05) is 32.0 Å². The summed E-state index contributed by atoms with van der Waals surface area (Å²) in [6.45, 7) is 8.94. The molecule has 2 aromatic rings. The minimum atomic E-state index is -5.08. The van der Waals surface area contributed by atoms with Gasteiger partial charge in [0.05, 0.1) is 37.5 Å². The van der Waals surface area contributed by atoms with Crippen LogP contribution in [0, 0.1) is 6.92 Å². The van der Waals surface area contributed by atoms with Crippen LogP contribution in [0.5, 0.6) is 0 Å². The van der Waals surface area contributed by atoms with Crippen molar-refractivity contribution < 1.29 is 52.0 Å². The number of amides is 2. The molecule has 15 heteroatoms. The molecule has 1 aromatic heterocycles.